The van der Waals surface area contributed by atoms with Crippen LogP contribution in [0.3, 0.4) is 0 Å². The van der Waals surface area contributed by atoms with Gasteiger partial charge in [0.05, 0.1) is 29.7 Å². The van der Waals surface area contributed by atoms with E-state index in [2.05, 4.69) is 15.1 Å². The van der Waals surface area contributed by atoms with Gasteiger partial charge in [0.1, 0.15) is 5.75 Å². The first-order valence-corrected chi connectivity index (χ1v) is 8.28. The molecule has 3 rings (SSSR count). The molecule has 1 fully saturated rings. The van der Waals surface area contributed by atoms with Crippen LogP contribution in [0.4, 0.5) is 13.2 Å². The molecule has 5 nitrogen and oxygen atoms in total. The number of benzene rings is 1. The number of likely N-dealkylation sites (N-methyl/N-ethyl adjacent to an activating group) is 1. The van der Waals surface area contributed by atoms with Crippen LogP contribution in [-0.4, -0.2) is 53.1 Å². The number of aromatic nitrogens is 2. The van der Waals surface area contributed by atoms with Gasteiger partial charge in [-0.1, -0.05) is 0 Å². The van der Waals surface area contributed by atoms with E-state index in [-0.39, 0.29) is 17.2 Å². The van der Waals surface area contributed by atoms with Crippen LogP contribution in [0.25, 0.3) is 11.3 Å². The summed E-state index contributed by atoms with van der Waals surface area (Å²) in [6.45, 7) is 3.88. The molecule has 1 aromatic carbocycles. The number of aryl methyl sites for hydroxylation is 1. The molecule has 1 aromatic heterocycles. The molecular weight excluding hydrogens is 347 g/mol. The van der Waals surface area contributed by atoms with Gasteiger partial charge in [0.2, 0.25) is 0 Å². The van der Waals surface area contributed by atoms with Gasteiger partial charge >= 0.3 is 6.18 Å². The number of alkyl halides is 3. The molecule has 0 unspecified atom stereocenters. The molecule has 26 heavy (non-hydrogen) atoms. The normalized spacial score (nSPS) is 18.9. The summed E-state index contributed by atoms with van der Waals surface area (Å²) in [6, 6.07) is 5.13. The number of rotatable bonds is 3. The van der Waals surface area contributed by atoms with Gasteiger partial charge < -0.3 is 14.7 Å². The van der Waals surface area contributed by atoms with Gasteiger partial charge in [-0.25, -0.2) is 0 Å². The number of aromatic hydroxyl groups is 1. The SMILES string of the molecule is Cc1cc(C(F)(F)F)cc(O)c1-c1ccc(C[C@@H]2CN(C)CCO2)nn1. The zero-order valence-electron chi connectivity index (χ0n) is 14.5. The molecule has 0 radical (unpaired) electrons. The quantitative estimate of drug-likeness (QED) is 0.904. The van der Waals surface area contributed by atoms with Crippen molar-refractivity contribution in [3.8, 4) is 17.0 Å². The third-order valence-corrected chi connectivity index (χ3v) is 4.40. The molecule has 1 atom stereocenters. The van der Waals surface area contributed by atoms with E-state index in [4.69, 9.17) is 4.74 Å². The Morgan fingerprint density at radius 1 is 1.27 bits per heavy atom. The summed E-state index contributed by atoms with van der Waals surface area (Å²) in [5.74, 6) is -0.461. The van der Waals surface area contributed by atoms with Crippen molar-refractivity contribution in [2.75, 3.05) is 26.7 Å². The van der Waals surface area contributed by atoms with Crippen LogP contribution >= 0.6 is 0 Å². The molecule has 2 heterocycles. The molecule has 0 spiro atoms. The number of phenolic OH excluding ortho intramolecular Hbond substituents is 1. The number of morpholine rings is 1. The maximum absolute atomic E-state index is 12.8. The van der Waals surface area contributed by atoms with Crippen molar-refractivity contribution < 1.29 is 23.0 Å². The lowest BCUT2D eigenvalue weighted by Crippen LogP contribution is -2.41. The van der Waals surface area contributed by atoms with E-state index in [1.807, 2.05) is 7.05 Å². The minimum absolute atomic E-state index is 0.0371. The number of hydrogen-bond acceptors (Lipinski definition) is 5. The third-order valence-electron chi connectivity index (χ3n) is 4.40. The monoisotopic (exact) mass is 367 g/mol. The highest BCUT2D eigenvalue weighted by atomic mass is 19.4. The van der Waals surface area contributed by atoms with E-state index in [1.54, 1.807) is 12.1 Å². The first-order valence-electron chi connectivity index (χ1n) is 8.28. The summed E-state index contributed by atoms with van der Waals surface area (Å²) in [5.41, 5.74) is 0.721. The molecule has 0 bridgehead atoms. The molecule has 0 saturated carbocycles. The van der Waals surface area contributed by atoms with Gasteiger partial charge in [-0.2, -0.15) is 23.4 Å². The second kappa shape index (κ2) is 7.20. The molecule has 0 amide bonds. The summed E-state index contributed by atoms with van der Waals surface area (Å²) in [6.07, 6.45) is -3.87. The predicted molar refractivity (Wildman–Crippen MR) is 89.8 cm³/mol. The van der Waals surface area contributed by atoms with Crippen molar-refractivity contribution in [1.29, 1.82) is 0 Å². The van der Waals surface area contributed by atoms with Crippen LogP contribution in [0, 0.1) is 6.92 Å². The maximum Gasteiger partial charge on any atom is 0.416 e. The zero-order valence-corrected chi connectivity index (χ0v) is 14.5. The Balaban J connectivity index is 1.80. The van der Waals surface area contributed by atoms with Crippen LogP contribution in [0.5, 0.6) is 5.75 Å². The van der Waals surface area contributed by atoms with Gasteiger partial charge in [0.15, 0.2) is 0 Å². The Hall–Kier alpha value is -2.19. The number of halogens is 3. The Kier molecular flexibility index (Phi) is 5.15. The molecule has 1 aliphatic rings. The predicted octanol–water partition coefficient (Wildman–Crippen LogP) is 3.05. The average molecular weight is 367 g/mol. The van der Waals surface area contributed by atoms with E-state index >= 15 is 0 Å². The van der Waals surface area contributed by atoms with Crippen LogP contribution in [0.1, 0.15) is 16.8 Å². The largest absolute Gasteiger partial charge is 0.507 e. The Morgan fingerprint density at radius 3 is 2.62 bits per heavy atom. The summed E-state index contributed by atoms with van der Waals surface area (Å²) < 4.78 is 44.2. The Labute approximate surface area is 149 Å². The average Bonchev–Trinajstić information content (AvgIpc) is 2.55. The van der Waals surface area contributed by atoms with Crippen LogP contribution in [0.15, 0.2) is 24.3 Å². The topological polar surface area (TPSA) is 58.5 Å². The lowest BCUT2D eigenvalue weighted by atomic mass is 10.0. The van der Waals surface area contributed by atoms with E-state index in [9.17, 15) is 18.3 Å². The van der Waals surface area contributed by atoms with Crippen molar-refractivity contribution >= 4 is 0 Å². The van der Waals surface area contributed by atoms with Crippen LogP contribution in [-0.2, 0) is 17.3 Å². The molecule has 1 aliphatic heterocycles. The summed E-state index contributed by atoms with van der Waals surface area (Å²) in [4.78, 5) is 2.18. The highest BCUT2D eigenvalue weighted by Crippen LogP contribution is 2.38. The minimum Gasteiger partial charge on any atom is -0.507 e. The number of hydrogen-bond donors (Lipinski definition) is 1. The van der Waals surface area contributed by atoms with E-state index in [1.165, 1.54) is 6.92 Å². The van der Waals surface area contributed by atoms with Crippen LogP contribution < -0.4 is 0 Å². The maximum atomic E-state index is 12.8. The van der Waals surface area contributed by atoms with E-state index in [0.29, 0.717) is 24.8 Å². The molecule has 0 aliphatic carbocycles. The minimum atomic E-state index is -4.51. The van der Waals surface area contributed by atoms with E-state index < -0.39 is 17.5 Å². The third kappa shape index (κ3) is 4.13. The molecule has 8 heteroatoms. The van der Waals surface area contributed by atoms with Gasteiger partial charge in [-0.3, -0.25) is 0 Å². The molecule has 140 valence electrons. The summed E-state index contributed by atoms with van der Waals surface area (Å²) in [7, 11) is 2.03. The van der Waals surface area contributed by atoms with Crippen molar-refractivity contribution in [3.05, 3.63) is 41.1 Å². The fraction of sp³-hybridized carbons (Fsp3) is 0.444. The Bertz CT molecular complexity index is 755. The summed E-state index contributed by atoms with van der Waals surface area (Å²) in [5, 5.41) is 18.3. The highest BCUT2D eigenvalue weighted by molar-refractivity contribution is 5.71. The standard InChI is InChI=1S/C18H20F3N3O2/c1-11-7-12(18(19,20)21)8-16(25)17(11)15-4-3-13(22-23-15)9-14-10-24(2)5-6-26-14/h3-4,7-8,14,25H,5-6,9-10H2,1-2H3/t14-/m1/s1. The molecular formula is C18H20F3N3O2. The second-order valence-electron chi connectivity index (χ2n) is 6.55. The lowest BCUT2D eigenvalue weighted by Gasteiger charge is -2.29. The molecule has 2 aromatic rings. The number of ether oxygens (including phenoxy) is 1. The molecule has 1 N–H and O–H groups in total. The smallest absolute Gasteiger partial charge is 0.416 e. The van der Waals surface area contributed by atoms with Gasteiger partial charge in [-0.05, 0) is 43.8 Å². The van der Waals surface area contributed by atoms with Crippen molar-refractivity contribution in [2.24, 2.45) is 0 Å². The first kappa shape index (κ1) is 18.6. The highest BCUT2D eigenvalue weighted by Gasteiger charge is 2.32. The fourth-order valence-corrected chi connectivity index (χ4v) is 3.09. The van der Waals surface area contributed by atoms with Crippen molar-refractivity contribution in [2.45, 2.75) is 25.6 Å². The van der Waals surface area contributed by atoms with Crippen molar-refractivity contribution in [3.63, 3.8) is 0 Å². The van der Waals surface area contributed by atoms with Gasteiger partial charge in [0.25, 0.3) is 0 Å². The van der Waals surface area contributed by atoms with Crippen LogP contribution in [0.2, 0.25) is 0 Å². The number of phenols is 1. The van der Waals surface area contributed by atoms with E-state index in [0.717, 1.165) is 24.8 Å². The fourth-order valence-electron chi connectivity index (χ4n) is 3.09. The second-order valence-corrected chi connectivity index (χ2v) is 6.55. The summed E-state index contributed by atoms with van der Waals surface area (Å²) >= 11 is 0. The lowest BCUT2D eigenvalue weighted by molar-refractivity contribution is -0.137. The zero-order chi connectivity index (χ0) is 18.9. The van der Waals surface area contributed by atoms with Crippen molar-refractivity contribution in [1.82, 2.24) is 15.1 Å². The van der Waals surface area contributed by atoms with Gasteiger partial charge in [0, 0.05) is 25.1 Å². The number of nitrogens with zero attached hydrogens (tertiary/aromatic N) is 3. The van der Waals surface area contributed by atoms with Gasteiger partial charge in [-0.15, -0.1) is 0 Å². The Morgan fingerprint density at radius 2 is 2.04 bits per heavy atom. The molecule has 1 saturated heterocycles. The first-order chi connectivity index (χ1) is 12.2.